The first kappa shape index (κ1) is 22.0. The van der Waals surface area contributed by atoms with E-state index in [4.69, 9.17) is 46.4 Å². The van der Waals surface area contributed by atoms with E-state index >= 15 is 0 Å². The maximum Gasteiger partial charge on any atom is 0.283 e. The molecule has 0 aliphatic carbocycles. The van der Waals surface area contributed by atoms with Crippen molar-refractivity contribution in [2.75, 3.05) is 0 Å². The quantitative estimate of drug-likeness (QED) is 0.311. The SMILES string of the molecule is O=S(=O)(O)C(c1ccccc1)(c1cccc(O)c1Cl)c1c(Cl)cc(Cl)c(O)c1Cl. The molecule has 0 heterocycles. The zero-order valence-corrected chi connectivity index (χ0v) is 18.1. The highest BCUT2D eigenvalue weighted by atomic mass is 35.5. The topological polar surface area (TPSA) is 94.8 Å². The largest absolute Gasteiger partial charge is 0.506 e. The van der Waals surface area contributed by atoms with Gasteiger partial charge in [-0.1, -0.05) is 88.9 Å². The van der Waals surface area contributed by atoms with Crippen LogP contribution in [0.2, 0.25) is 20.1 Å². The van der Waals surface area contributed by atoms with E-state index in [1.165, 1.54) is 42.5 Å². The molecule has 1 atom stereocenters. The fraction of sp³-hybridized carbons (Fsp3) is 0.0526. The molecule has 0 saturated heterocycles. The Balaban J connectivity index is 2.67. The highest BCUT2D eigenvalue weighted by molar-refractivity contribution is 7.87. The van der Waals surface area contributed by atoms with E-state index in [9.17, 15) is 23.2 Å². The predicted octanol–water partition coefficient (Wildman–Crippen LogP) is 5.89. The molecule has 0 saturated carbocycles. The van der Waals surface area contributed by atoms with E-state index in [-0.39, 0.29) is 31.8 Å². The fourth-order valence-corrected chi connectivity index (χ4v) is 6.05. The van der Waals surface area contributed by atoms with Gasteiger partial charge in [-0.25, -0.2) is 0 Å². The van der Waals surface area contributed by atoms with Gasteiger partial charge in [0.25, 0.3) is 10.1 Å². The standard InChI is InChI=1S/C19H12Cl4O5S/c20-12-9-13(21)18(25)17(23)15(12)19(29(26,27)28,10-5-2-1-3-6-10)11-7-4-8-14(24)16(11)22/h1-9,24-25H,(H,26,27,28). The number of hydrogen-bond acceptors (Lipinski definition) is 4. The molecule has 0 aromatic heterocycles. The van der Waals surface area contributed by atoms with Crippen LogP contribution in [0, 0.1) is 0 Å². The van der Waals surface area contributed by atoms with Crippen LogP contribution < -0.4 is 0 Å². The Bertz CT molecular complexity index is 1200. The first-order valence-corrected chi connectivity index (χ1v) is 10.9. The third kappa shape index (κ3) is 3.44. The monoisotopic (exact) mass is 492 g/mol. The van der Waals surface area contributed by atoms with Gasteiger partial charge in [0.15, 0.2) is 10.5 Å². The lowest BCUT2D eigenvalue weighted by Gasteiger charge is -2.34. The number of aromatic hydroxyl groups is 2. The molecular formula is C19H12Cl4O5S. The molecule has 3 aromatic rings. The minimum absolute atomic E-state index is 0.0144. The van der Waals surface area contributed by atoms with Crippen LogP contribution in [0.25, 0.3) is 0 Å². The van der Waals surface area contributed by atoms with Crippen LogP contribution in [-0.2, 0) is 14.9 Å². The first-order chi connectivity index (χ1) is 13.5. The van der Waals surface area contributed by atoms with Crippen molar-refractivity contribution in [2.45, 2.75) is 4.75 Å². The first-order valence-electron chi connectivity index (χ1n) is 7.91. The molecule has 29 heavy (non-hydrogen) atoms. The van der Waals surface area contributed by atoms with Gasteiger partial charge in [0.05, 0.1) is 15.1 Å². The molecule has 0 spiro atoms. The molecule has 3 N–H and O–H groups in total. The third-order valence-electron chi connectivity index (χ3n) is 4.42. The van der Waals surface area contributed by atoms with E-state index < -0.39 is 31.4 Å². The van der Waals surface area contributed by atoms with Gasteiger partial charge in [-0.3, -0.25) is 4.55 Å². The zero-order chi connectivity index (χ0) is 21.6. The molecule has 5 nitrogen and oxygen atoms in total. The lowest BCUT2D eigenvalue weighted by Crippen LogP contribution is -2.39. The highest BCUT2D eigenvalue weighted by Gasteiger charge is 2.52. The molecule has 0 aliphatic rings. The lowest BCUT2D eigenvalue weighted by atomic mass is 9.83. The average Bonchev–Trinajstić information content (AvgIpc) is 2.66. The van der Waals surface area contributed by atoms with Crippen LogP contribution in [0.15, 0.2) is 54.6 Å². The normalized spacial score (nSPS) is 13.8. The average molecular weight is 494 g/mol. The van der Waals surface area contributed by atoms with Crippen LogP contribution in [0.4, 0.5) is 0 Å². The van der Waals surface area contributed by atoms with Gasteiger partial charge in [0.1, 0.15) is 5.75 Å². The number of phenols is 2. The van der Waals surface area contributed by atoms with Crippen molar-refractivity contribution in [3.05, 3.63) is 91.4 Å². The summed E-state index contributed by atoms with van der Waals surface area (Å²) in [6, 6.07) is 12.5. The minimum atomic E-state index is -5.12. The van der Waals surface area contributed by atoms with Crippen LogP contribution in [0.1, 0.15) is 16.7 Å². The Hall–Kier alpha value is -1.67. The van der Waals surface area contributed by atoms with Crippen molar-refractivity contribution in [3.8, 4) is 11.5 Å². The Morgan fingerprint density at radius 2 is 1.41 bits per heavy atom. The Morgan fingerprint density at radius 3 is 2.00 bits per heavy atom. The molecule has 152 valence electrons. The molecular weight excluding hydrogens is 482 g/mol. The van der Waals surface area contributed by atoms with E-state index in [1.54, 1.807) is 6.07 Å². The van der Waals surface area contributed by atoms with Gasteiger partial charge in [0.2, 0.25) is 0 Å². The van der Waals surface area contributed by atoms with E-state index in [2.05, 4.69) is 0 Å². The van der Waals surface area contributed by atoms with Crippen molar-refractivity contribution in [1.82, 2.24) is 0 Å². The number of rotatable bonds is 4. The Labute approximate surface area is 186 Å². The summed E-state index contributed by atoms with van der Waals surface area (Å²) in [5, 5.41) is 19.1. The molecule has 0 fully saturated rings. The van der Waals surface area contributed by atoms with Crippen LogP contribution in [0.5, 0.6) is 11.5 Å². The van der Waals surface area contributed by atoms with Gasteiger partial charge < -0.3 is 10.2 Å². The second-order valence-electron chi connectivity index (χ2n) is 6.04. The Morgan fingerprint density at radius 1 is 0.793 bits per heavy atom. The van der Waals surface area contributed by atoms with Gasteiger partial charge in [0, 0.05) is 16.1 Å². The second kappa shape index (κ2) is 7.87. The van der Waals surface area contributed by atoms with E-state index in [0.717, 1.165) is 6.07 Å². The molecule has 0 radical (unpaired) electrons. The third-order valence-corrected chi connectivity index (χ3v) is 7.21. The van der Waals surface area contributed by atoms with Gasteiger partial charge in [-0.2, -0.15) is 8.42 Å². The molecule has 0 bridgehead atoms. The summed E-state index contributed by atoms with van der Waals surface area (Å²) >= 11 is 24.8. The molecule has 3 rings (SSSR count). The molecule has 0 aliphatic heterocycles. The van der Waals surface area contributed by atoms with Gasteiger partial charge >= 0.3 is 0 Å². The summed E-state index contributed by atoms with van der Waals surface area (Å²) in [5.41, 5.74) is -0.581. The Kier molecular flexibility index (Phi) is 5.98. The maximum atomic E-state index is 13.0. The summed E-state index contributed by atoms with van der Waals surface area (Å²) in [6.07, 6.45) is 0. The molecule has 1 unspecified atom stereocenters. The smallest absolute Gasteiger partial charge is 0.283 e. The molecule has 3 aromatic carbocycles. The van der Waals surface area contributed by atoms with E-state index in [1.807, 2.05) is 0 Å². The fourth-order valence-electron chi connectivity index (χ4n) is 3.22. The number of halogens is 4. The van der Waals surface area contributed by atoms with Crippen molar-refractivity contribution in [3.63, 3.8) is 0 Å². The van der Waals surface area contributed by atoms with Crippen molar-refractivity contribution in [2.24, 2.45) is 0 Å². The minimum Gasteiger partial charge on any atom is -0.506 e. The predicted molar refractivity (Wildman–Crippen MR) is 114 cm³/mol. The van der Waals surface area contributed by atoms with E-state index in [0.29, 0.717) is 0 Å². The van der Waals surface area contributed by atoms with Crippen molar-refractivity contribution in [1.29, 1.82) is 0 Å². The van der Waals surface area contributed by atoms with Crippen molar-refractivity contribution < 1.29 is 23.2 Å². The zero-order valence-electron chi connectivity index (χ0n) is 14.3. The maximum absolute atomic E-state index is 13.0. The molecule has 0 amide bonds. The number of hydrogen-bond donors (Lipinski definition) is 3. The van der Waals surface area contributed by atoms with Crippen LogP contribution in [0.3, 0.4) is 0 Å². The highest BCUT2D eigenvalue weighted by Crippen LogP contribution is 2.54. The second-order valence-corrected chi connectivity index (χ2v) is 9.17. The number of phenolic OH excluding ortho intramolecular Hbond substituents is 2. The summed E-state index contributed by atoms with van der Waals surface area (Å²) in [6.45, 7) is 0. The summed E-state index contributed by atoms with van der Waals surface area (Å²) < 4.78 is 34.0. The molecule has 10 heteroatoms. The summed E-state index contributed by atoms with van der Waals surface area (Å²) in [4.78, 5) is 0. The van der Waals surface area contributed by atoms with Gasteiger partial charge in [-0.05, 0) is 17.7 Å². The lowest BCUT2D eigenvalue weighted by molar-refractivity contribution is 0.455. The number of benzene rings is 3. The van der Waals surface area contributed by atoms with Gasteiger partial charge in [-0.15, -0.1) is 0 Å². The summed E-state index contributed by atoms with van der Waals surface area (Å²) in [7, 11) is -5.12. The van der Waals surface area contributed by atoms with Crippen LogP contribution >= 0.6 is 46.4 Å². The summed E-state index contributed by atoms with van der Waals surface area (Å²) in [5.74, 6) is -1.06. The van der Waals surface area contributed by atoms with Crippen LogP contribution in [-0.4, -0.2) is 23.2 Å². The van der Waals surface area contributed by atoms with Crippen molar-refractivity contribution >= 4 is 56.5 Å².